The SMILES string of the molecule is Cc1ccc(C(NC(=O)C2(c3ccc4[nH]cc(CCOP(=O)([O-])[O-])c4c3)CC2)c2ccccc2)c(N2CCOCC2)c1.[Na+].[Na+]. The first-order chi connectivity index (χ1) is 20.2. The molecule has 12 heteroatoms. The second-order valence-electron chi connectivity index (χ2n) is 11.2. The third-order valence-electron chi connectivity index (χ3n) is 8.38. The van der Waals surface area contributed by atoms with Gasteiger partial charge in [0.25, 0.3) is 0 Å². The first-order valence-electron chi connectivity index (χ1n) is 14.3. The molecule has 1 unspecified atom stereocenters. The predicted molar refractivity (Wildman–Crippen MR) is 157 cm³/mol. The minimum atomic E-state index is -5.04. The molecule has 2 fully saturated rings. The van der Waals surface area contributed by atoms with Gasteiger partial charge in [-0.2, -0.15) is 0 Å². The Morgan fingerprint density at radius 1 is 1.07 bits per heavy atom. The topological polar surface area (TPSA) is 130 Å². The maximum Gasteiger partial charge on any atom is 1.00 e. The van der Waals surface area contributed by atoms with Crippen LogP contribution in [0, 0.1) is 6.92 Å². The van der Waals surface area contributed by atoms with Crippen LogP contribution in [0.5, 0.6) is 0 Å². The van der Waals surface area contributed by atoms with Crippen molar-refractivity contribution in [2.24, 2.45) is 0 Å². The van der Waals surface area contributed by atoms with Crippen molar-refractivity contribution in [1.29, 1.82) is 0 Å². The van der Waals surface area contributed by atoms with Crippen LogP contribution in [0.3, 0.4) is 0 Å². The third kappa shape index (κ3) is 7.91. The maximum atomic E-state index is 14.2. The Bertz CT molecular complexity index is 1630. The Hall–Kier alpha value is -1.46. The molecule has 2 N–H and O–H groups in total. The number of carbonyl (C=O) groups is 1. The summed E-state index contributed by atoms with van der Waals surface area (Å²) in [7, 11) is -5.04. The molecule has 1 amide bonds. The number of nitrogens with one attached hydrogen (secondary N) is 2. The molecule has 0 spiro atoms. The van der Waals surface area contributed by atoms with Crippen LogP contribution in [0.25, 0.3) is 10.9 Å². The molecule has 4 aromatic rings. The van der Waals surface area contributed by atoms with Crippen LogP contribution in [-0.2, 0) is 30.5 Å². The van der Waals surface area contributed by atoms with E-state index in [9.17, 15) is 19.1 Å². The normalized spacial score (nSPS) is 16.5. The first-order valence-corrected chi connectivity index (χ1v) is 15.8. The summed E-state index contributed by atoms with van der Waals surface area (Å²) in [5, 5.41) is 4.32. The summed E-state index contributed by atoms with van der Waals surface area (Å²) in [6, 6.07) is 22.1. The molecule has 6 rings (SSSR count). The maximum absolute atomic E-state index is 14.2. The number of aromatic amines is 1. The molecule has 9 nitrogen and oxygen atoms in total. The zero-order chi connectivity index (χ0) is 29.3. The fraction of sp³-hybridized carbons (Fsp3) is 0.344. The number of morpholine rings is 1. The molecule has 1 saturated carbocycles. The van der Waals surface area contributed by atoms with Crippen molar-refractivity contribution in [2.75, 3.05) is 37.8 Å². The number of hydrogen-bond donors (Lipinski definition) is 2. The number of rotatable bonds is 10. The van der Waals surface area contributed by atoms with E-state index in [2.05, 4.69) is 57.0 Å². The monoisotopic (exact) mass is 633 g/mol. The van der Waals surface area contributed by atoms with Crippen molar-refractivity contribution in [2.45, 2.75) is 37.6 Å². The fourth-order valence-corrected chi connectivity index (χ4v) is 6.27. The number of aryl methyl sites for hydroxylation is 1. The van der Waals surface area contributed by atoms with Crippen LogP contribution >= 0.6 is 7.82 Å². The Kier molecular flexibility index (Phi) is 12.0. The van der Waals surface area contributed by atoms with Crippen molar-refractivity contribution < 1.29 is 87.5 Å². The van der Waals surface area contributed by atoms with Gasteiger partial charge in [-0.15, -0.1) is 0 Å². The fourth-order valence-electron chi connectivity index (χ4n) is 5.95. The Morgan fingerprint density at radius 2 is 1.80 bits per heavy atom. The smallest absolute Gasteiger partial charge is 0.790 e. The predicted octanol–water partition coefficient (Wildman–Crippen LogP) is -2.35. The second kappa shape index (κ2) is 15.0. The summed E-state index contributed by atoms with van der Waals surface area (Å²) in [6.45, 7) is 4.78. The van der Waals surface area contributed by atoms with E-state index >= 15 is 0 Å². The molecule has 2 aliphatic rings. The van der Waals surface area contributed by atoms with E-state index in [1.54, 1.807) is 6.20 Å². The molecule has 3 aromatic carbocycles. The molecule has 2 heterocycles. The summed E-state index contributed by atoms with van der Waals surface area (Å²) >= 11 is 0. The minimum absolute atomic E-state index is 0. The number of phosphoric ester groups is 1. The number of aromatic nitrogens is 1. The van der Waals surface area contributed by atoms with Gasteiger partial charge < -0.3 is 38.8 Å². The number of anilines is 1. The number of amides is 1. The van der Waals surface area contributed by atoms with E-state index in [4.69, 9.17) is 4.74 Å². The molecular formula is C32H34N3Na2O6P. The van der Waals surface area contributed by atoms with Gasteiger partial charge in [0, 0.05) is 41.4 Å². The summed E-state index contributed by atoms with van der Waals surface area (Å²) in [5.41, 5.74) is 6.28. The van der Waals surface area contributed by atoms with Crippen molar-refractivity contribution >= 4 is 30.3 Å². The molecule has 1 aliphatic heterocycles. The van der Waals surface area contributed by atoms with Crippen molar-refractivity contribution in [3.63, 3.8) is 0 Å². The molecule has 220 valence electrons. The van der Waals surface area contributed by atoms with Gasteiger partial charge in [-0.3, -0.25) is 4.79 Å². The van der Waals surface area contributed by atoms with Crippen LogP contribution in [0.4, 0.5) is 5.69 Å². The van der Waals surface area contributed by atoms with E-state index in [0.29, 0.717) is 13.2 Å². The Balaban J connectivity index is 0.00000221. The number of phosphoric acid groups is 1. The van der Waals surface area contributed by atoms with E-state index in [0.717, 1.165) is 70.3 Å². The number of fused-ring (bicyclic) bond motifs is 1. The number of benzene rings is 3. The van der Waals surface area contributed by atoms with Gasteiger partial charge in [0.15, 0.2) is 0 Å². The van der Waals surface area contributed by atoms with Crippen molar-refractivity contribution in [3.8, 4) is 0 Å². The first kappa shape index (κ1) is 35.4. The number of hydrogen-bond acceptors (Lipinski definition) is 7. The van der Waals surface area contributed by atoms with Crippen LogP contribution in [0.2, 0.25) is 0 Å². The molecule has 1 saturated heterocycles. The quantitative estimate of drug-likeness (QED) is 0.148. The van der Waals surface area contributed by atoms with Crippen molar-refractivity contribution in [3.05, 3.63) is 101 Å². The third-order valence-corrected chi connectivity index (χ3v) is 8.88. The summed E-state index contributed by atoms with van der Waals surface area (Å²) < 4.78 is 21.0. The zero-order valence-corrected chi connectivity index (χ0v) is 30.4. The van der Waals surface area contributed by atoms with Crippen LogP contribution in [-0.4, -0.2) is 43.8 Å². The molecule has 1 aromatic heterocycles. The largest absolute Gasteiger partial charge is 1.00 e. The van der Waals surface area contributed by atoms with Gasteiger partial charge in [0.1, 0.15) is 0 Å². The number of H-pyrrole nitrogens is 1. The molecule has 0 radical (unpaired) electrons. The van der Waals surface area contributed by atoms with E-state index < -0.39 is 13.2 Å². The molecule has 1 atom stereocenters. The average Bonchev–Trinajstić information content (AvgIpc) is 3.71. The summed E-state index contributed by atoms with van der Waals surface area (Å²) in [6.07, 6.45) is 3.50. The number of ether oxygens (including phenoxy) is 1. The Labute approximate surface area is 301 Å². The van der Waals surface area contributed by atoms with Gasteiger partial charge in [0.2, 0.25) is 5.91 Å². The second-order valence-corrected chi connectivity index (χ2v) is 12.3. The molecule has 0 bridgehead atoms. The van der Waals surface area contributed by atoms with Crippen LogP contribution in [0.1, 0.15) is 46.7 Å². The van der Waals surface area contributed by atoms with Gasteiger partial charge in [-0.05, 0) is 66.6 Å². The van der Waals surface area contributed by atoms with E-state index in [-0.39, 0.29) is 84.1 Å². The molecular weight excluding hydrogens is 599 g/mol. The van der Waals surface area contributed by atoms with Crippen LogP contribution in [0.15, 0.2) is 72.9 Å². The molecule has 44 heavy (non-hydrogen) atoms. The van der Waals surface area contributed by atoms with E-state index in [1.807, 2.05) is 36.4 Å². The Morgan fingerprint density at radius 3 is 2.48 bits per heavy atom. The average molecular weight is 634 g/mol. The number of carbonyl (C=O) groups excluding carboxylic acids is 1. The van der Waals surface area contributed by atoms with Gasteiger partial charge >= 0.3 is 59.1 Å². The number of nitrogens with zero attached hydrogens (tertiary/aromatic N) is 1. The minimum Gasteiger partial charge on any atom is -0.790 e. The van der Waals surface area contributed by atoms with E-state index in [1.165, 1.54) is 0 Å². The molecule has 1 aliphatic carbocycles. The summed E-state index contributed by atoms with van der Waals surface area (Å²) in [5.74, 6) is -0.0247. The van der Waals surface area contributed by atoms with Crippen molar-refractivity contribution in [1.82, 2.24) is 10.3 Å². The van der Waals surface area contributed by atoms with Gasteiger partial charge in [0.05, 0.1) is 39.1 Å². The summed E-state index contributed by atoms with van der Waals surface area (Å²) in [4.78, 5) is 41.5. The van der Waals surface area contributed by atoms with Gasteiger partial charge in [-0.25, -0.2) is 0 Å². The van der Waals surface area contributed by atoms with Gasteiger partial charge in [-0.1, -0.05) is 48.5 Å². The standard InChI is InChI=1S/C32H36N3O6P.2Na/c1-22-7-9-26(29(19-22)35-14-17-40-18-15-35)30(23-5-3-2-4-6-23)34-31(36)32(12-13-32)25-8-10-28-27(20-25)24(21-33-28)11-16-41-42(37,38)39;;/h2-10,19-21,30,33H,11-18H2,1H3,(H,34,36)(H2,37,38,39);;/q;2*+1/p-2. The van der Waals surface area contributed by atoms with Crippen LogP contribution < -0.4 is 79.1 Å². The zero-order valence-electron chi connectivity index (χ0n) is 25.5.